The number of benzene rings is 7. The van der Waals surface area contributed by atoms with Crippen molar-refractivity contribution in [3.8, 4) is 33.4 Å². The van der Waals surface area contributed by atoms with Crippen LogP contribution in [0.15, 0.2) is 164 Å². The third-order valence-corrected chi connectivity index (χ3v) is 15.0. The second-order valence-corrected chi connectivity index (χ2v) is 17.6. The fraction of sp³-hybridized carbons (Fsp3) is 0.192. The van der Waals surface area contributed by atoms with E-state index in [1.807, 2.05) is 11.3 Å². The molecule has 4 fully saturated rings. The van der Waals surface area contributed by atoms with Crippen LogP contribution in [0.3, 0.4) is 0 Å². The molecule has 1 heterocycles. The third-order valence-electron chi connectivity index (χ3n) is 13.8. The van der Waals surface area contributed by atoms with Crippen molar-refractivity contribution in [3.05, 3.63) is 175 Å². The third kappa shape index (κ3) is 4.44. The highest BCUT2D eigenvalue weighted by molar-refractivity contribution is 7.26. The summed E-state index contributed by atoms with van der Waals surface area (Å²) in [7, 11) is 0. The van der Waals surface area contributed by atoms with Gasteiger partial charge in [-0.05, 0) is 149 Å². The monoisotopic (exact) mass is 711 g/mol. The highest BCUT2D eigenvalue weighted by atomic mass is 32.1. The van der Waals surface area contributed by atoms with Crippen LogP contribution in [-0.2, 0) is 5.41 Å². The maximum absolute atomic E-state index is 2.55. The molecule has 4 saturated carbocycles. The van der Waals surface area contributed by atoms with E-state index in [-0.39, 0.29) is 5.41 Å². The SMILES string of the molecule is c1ccc(-c2cccc(N(c3cccc(-c4ccc5c(c4)-c4ccccc4C54C5CC6CC(C5)CC4C6)c3)c3cccc4sc5ccccc5c34)c2)cc1. The van der Waals surface area contributed by atoms with Crippen molar-refractivity contribution >= 4 is 48.6 Å². The van der Waals surface area contributed by atoms with Gasteiger partial charge < -0.3 is 4.90 Å². The van der Waals surface area contributed by atoms with E-state index < -0.39 is 0 Å². The van der Waals surface area contributed by atoms with E-state index in [1.165, 1.54) is 97.0 Å². The molecule has 0 aliphatic heterocycles. The van der Waals surface area contributed by atoms with Crippen LogP contribution in [0, 0.1) is 23.7 Å². The number of anilines is 3. The molecule has 0 N–H and O–H groups in total. The number of hydrogen-bond donors (Lipinski definition) is 0. The minimum absolute atomic E-state index is 0.197. The molecule has 0 radical (unpaired) electrons. The van der Waals surface area contributed by atoms with Crippen LogP contribution >= 0.6 is 11.3 Å². The lowest BCUT2D eigenvalue weighted by Crippen LogP contribution is -2.55. The number of fused-ring (bicyclic) bond motifs is 6. The van der Waals surface area contributed by atoms with Crippen LogP contribution in [0.5, 0.6) is 0 Å². The second kappa shape index (κ2) is 11.8. The Kier molecular flexibility index (Phi) is 6.75. The smallest absolute Gasteiger partial charge is 0.0554 e. The number of hydrogen-bond acceptors (Lipinski definition) is 2. The quantitative estimate of drug-likeness (QED) is 0.172. The molecule has 0 saturated heterocycles. The van der Waals surface area contributed by atoms with Gasteiger partial charge in [-0.1, -0.05) is 115 Å². The zero-order valence-electron chi connectivity index (χ0n) is 30.3. The topological polar surface area (TPSA) is 3.24 Å². The first-order chi connectivity index (χ1) is 26.7. The maximum Gasteiger partial charge on any atom is 0.0554 e. The molecule has 4 bridgehead atoms. The molecule has 13 rings (SSSR count). The highest BCUT2D eigenvalue weighted by Crippen LogP contribution is 2.69. The minimum atomic E-state index is 0.197. The average Bonchev–Trinajstić information content (AvgIpc) is 3.75. The van der Waals surface area contributed by atoms with Gasteiger partial charge in [0.2, 0.25) is 0 Å². The van der Waals surface area contributed by atoms with E-state index in [4.69, 9.17) is 0 Å². The Labute approximate surface area is 321 Å². The summed E-state index contributed by atoms with van der Waals surface area (Å²) < 4.78 is 2.63. The van der Waals surface area contributed by atoms with Crippen molar-refractivity contribution in [2.75, 3.05) is 4.90 Å². The van der Waals surface area contributed by atoms with Crippen LogP contribution < -0.4 is 4.90 Å². The van der Waals surface area contributed by atoms with E-state index in [2.05, 4.69) is 169 Å². The summed E-state index contributed by atoms with van der Waals surface area (Å²) >= 11 is 1.88. The van der Waals surface area contributed by atoms with E-state index in [0.717, 1.165) is 29.4 Å². The summed E-state index contributed by atoms with van der Waals surface area (Å²) in [6, 6.07) is 61.8. The van der Waals surface area contributed by atoms with Gasteiger partial charge in [0.15, 0.2) is 0 Å². The predicted molar refractivity (Wildman–Crippen MR) is 228 cm³/mol. The first kappa shape index (κ1) is 31.0. The molecule has 260 valence electrons. The van der Waals surface area contributed by atoms with Crippen molar-refractivity contribution in [1.82, 2.24) is 0 Å². The Bertz CT molecular complexity index is 2730. The van der Waals surface area contributed by atoms with Crippen LogP contribution in [0.25, 0.3) is 53.6 Å². The van der Waals surface area contributed by atoms with Crippen molar-refractivity contribution < 1.29 is 0 Å². The predicted octanol–water partition coefficient (Wildman–Crippen LogP) is 14.6. The van der Waals surface area contributed by atoms with Crippen molar-refractivity contribution in [2.24, 2.45) is 23.7 Å². The average molecular weight is 712 g/mol. The number of rotatable bonds is 5. The summed E-state index contributed by atoms with van der Waals surface area (Å²) in [5.74, 6) is 3.46. The molecule has 2 heteroatoms. The summed E-state index contributed by atoms with van der Waals surface area (Å²) in [5.41, 5.74) is 14.9. The standard InChI is InChI=1S/C52H41NS/c1-2-11-35(12-3-1)36-13-8-15-41(30-36)53(48-20-10-22-50-51(48)44-18-5-7-21-49(44)54-50)42-16-9-14-37(31-42)38-23-24-47-45(32-38)43-17-4-6-19-46(43)52(47)39-26-33-25-34(28-39)29-40(52)27-33/h1-24,30-34,39-40H,25-29H2. The van der Waals surface area contributed by atoms with Gasteiger partial charge in [0.1, 0.15) is 0 Å². The first-order valence-corrected chi connectivity index (χ1v) is 20.7. The van der Waals surface area contributed by atoms with E-state index in [9.17, 15) is 0 Å². The lowest BCUT2D eigenvalue weighted by Gasteiger charge is -2.61. The van der Waals surface area contributed by atoms with Gasteiger partial charge in [-0.25, -0.2) is 0 Å². The van der Waals surface area contributed by atoms with Gasteiger partial charge in [-0.15, -0.1) is 11.3 Å². The van der Waals surface area contributed by atoms with E-state index in [0.29, 0.717) is 0 Å². The van der Waals surface area contributed by atoms with Gasteiger partial charge >= 0.3 is 0 Å². The lowest BCUT2D eigenvalue weighted by molar-refractivity contribution is -0.0399. The summed E-state index contributed by atoms with van der Waals surface area (Å²) in [6.07, 6.45) is 7.14. The number of thiophene rings is 1. The molecule has 7 aromatic carbocycles. The Morgan fingerprint density at radius 1 is 0.444 bits per heavy atom. The van der Waals surface area contributed by atoms with Gasteiger partial charge in [0.05, 0.1) is 5.69 Å². The summed E-state index contributed by atoms with van der Waals surface area (Å²) in [5, 5.41) is 2.62. The Morgan fingerprint density at radius 2 is 1.04 bits per heavy atom. The lowest BCUT2D eigenvalue weighted by atomic mass is 9.43. The largest absolute Gasteiger partial charge is 0.310 e. The molecular formula is C52H41NS. The molecular weight excluding hydrogens is 671 g/mol. The van der Waals surface area contributed by atoms with E-state index >= 15 is 0 Å². The van der Waals surface area contributed by atoms with Crippen LogP contribution in [0.2, 0.25) is 0 Å². The molecule has 8 aromatic rings. The zero-order valence-corrected chi connectivity index (χ0v) is 31.1. The van der Waals surface area contributed by atoms with Gasteiger partial charge in [0, 0.05) is 37.0 Å². The fourth-order valence-corrected chi connectivity index (χ4v) is 13.1. The van der Waals surface area contributed by atoms with Crippen molar-refractivity contribution in [2.45, 2.75) is 37.5 Å². The van der Waals surface area contributed by atoms with Gasteiger partial charge in [-0.2, -0.15) is 0 Å². The van der Waals surface area contributed by atoms with Crippen molar-refractivity contribution in [1.29, 1.82) is 0 Å². The molecule has 1 spiro atoms. The molecule has 0 amide bonds. The fourth-order valence-electron chi connectivity index (χ4n) is 12.0. The number of nitrogens with zero attached hydrogens (tertiary/aromatic N) is 1. The summed E-state index contributed by atoms with van der Waals surface area (Å²) in [4.78, 5) is 2.49. The van der Waals surface area contributed by atoms with E-state index in [1.54, 1.807) is 11.1 Å². The molecule has 5 aliphatic carbocycles. The second-order valence-electron chi connectivity index (χ2n) is 16.5. The van der Waals surface area contributed by atoms with Gasteiger partial charge in [-0.3, -0.25) is 0 Å². The zero-order chi connectivity index (χ0) is 35.4. The molecule has 1 aromatic heterocycles. The van der Waals surface area contributed by atoms with Crippen LogP contribution in [-0.4, -0.2) is 0 Å². The normalized spacial score (nSPS) is 23.3. The Hall–Kier alpha value is -5.44. The van der Waals surface area contributed by atoms with Crippen molar-refractivity contribution in [3.63, 3.8) is 0 Å². The molecule has 54 heavy (non-hydrogen) atoms. The maximum atomic E-state index is 2.55. The van der Waals surface area contributed by atoms with Gasteiger partial charge in [0.25, 0.3) is 0 Å². The molecule has 1 nitrogen and oxygen atoms in total. The molecule has 0 unspecified atom stereocenters. The highest BCUT2D eigenvalue weighted by Gasteiger charge is 2.61. The van der Waals surface area contributed by atoms with Crippen LogP contribution in [0.1, 0.15) is 43.2 Å². The minimum Gasteiger partial charge on any atom is -0.310 e. The molecule has 5 aliphatic rings. The first-order valence-electron chi connectivity index (χ1n) is 19.9. The molecule has 0 atom stereocenters. The van der Waals surface area contributed by atoms with Crippen LogP contribution in [0.4, 0.5) is 17.1 Å². The summed E-state index contributed by atoms with van der Waals surface area (Å²) in [6.45, 7) is 0. The Morgan fingerprint density at radius 3 is 1.81 bits per heavy atom. The Balaban J connectivity index is 1.02.